The Kier molecular flexibility index (Phi) is 5.23. The number of nitrogens with zero attached hydrogens (tertiary/aromatic N) is 2. The van der Waals surface area contributed by atoms with Crippen molar-refractivity contribution < 1.29 is 18.7 Å². The van der Waals surface area contributed by atoms with Crippen LogP contribution in [0.2, 0.25) is 0 Å². The van der Waals surface area contributed by atoms with E-state index in [1.165, 1.54) is 0 Å². The SMILES string of the molecule is Cc1ccc(N2CCCC(OC(=O)N3CCOCC3C)C2)c(F)c1. The Morgan fingerprint density at radius 2 is 2.21 bits per heavy atom. The van der Waals surface area contributed by atoms with Crippen LogP contribution in [0.4, 0.5) is 14.9 Å². The summed E-state index contributed by atoms with van der Waals surface area (Å²) in [7, 11) is 0. The molecule has 0 N–H and O–H groups in total. The molecule has 2 heterocycles. The zero-order chi connectivity index (χ0) is 17.1. The van der Waals surface area contributed by atoms with Crippen LogP contribution in [0.15, 0.2) is 18.2 Å². The minimum atomic E-state index is -0.290. The van der Waals surface area contributed by atoms with Crippen LogP contribution in [-0.4, -0.2) is 56.0 Å². The number of hydrogen-bond donors (Lipinski definition) is 0. The molecular formula is C18H25FN2O3. The molecule has 2 unspecified atom stereocenters. The van der Waals surface area contributed by atoms with Crippen molar-refractivity contribution in [2.75, 3.05) is 37.7 Å². The van der Waals surface area contributed by atoms with Crippen molar-refractivity contribution in [1.29, 1.82) is 0 Å². The summed E-state index contributed by atoms with van der Waals surface area (Å²) in [6, 6.07) is 5.28. The van der Waals surface area contributed by atoms with E-state index < -0.39 is 0 Å². The summed E-state index contributed by atoms with van der Waals surface area (Å²) in [4.78, 5) is 16.1. The molecule has 2 aliphatic heterocycles. The van der Waals surface area contributed by atoms with E-state index in [1.54, 1.807) is 17.0 Å². The molecule has 0 saturated carbocycles. The number of carbonyl (C=O) groups excluding carboxylic acids is 1. The van der Waals surface area contributed by atoms with Gasteiger partial charge in [-0.3, -0.25) is 0 Å². The van der Waals surface area contributed by atoms with Crippen molar-refractivity contribution in [3.63, 3.8) is 0 Å². The monoisotopic (exact) mass is 336 g/mol. The molecule has 0 radical (unpaired) electrons. The van der Waals surface area contributed by atoms with E-state index in [2.05, 4.69) is 0 Å². The Bertz CT molecular complexity index is 596. The zero-order valence-corrected chi connectivity index (χ0v) is 14.3. The second-order valence-corrected chi connectivity index (χ2v) is 6.67. The molecule has 1 aromatic rings. The quantitative estimate of drug-likeness (QED) is 0.833. The van der Waals surface area contributed by atoms with Crippen LogP contribution in [0.1, 0.15) is 25.3 Å². The highest BCUT2D eigenvalue weighted by Gasteiger charge is 2.30. The summed E-state index contributed by atoms with van der Waals surface area (Å²) in [5, 5.41) is 0. The maximum Gasteiger partial charge on any atom is 0.410 e. The molecule has 24 heavy (non-hydrogen) atoms. The van der Waals surface area contributed by atoms with E-state index >= 15 is 0 Å². The number of hydrogen-bond acceptors (Lipinski definition) is 4. The van der Waals surface area contributed by atoms with Gasteiger partial charge in [0.1, 0.15) is 11.9 Å². The lowest BCUT2D eigenvalue weighted by atomic mass is 10.1. The van der Waals surface area contributed by atoms with Gasteiger partial charge in [0.15, 0.2) is 0 Å². The number of amides is 1. The zero-order valence-electron chi connectivity index (χ0n) is 14.3. The van der Waals surface area contributed by atoms with Crippen molar-refractivity contribution >= 4 is 11.8 Å². The summed E-state index contributed by atoms with van der Waals surface area (Å²) in [6.45, 7) is 6.78. The van der Waals surface area contributed by atoms with Crippen molar-refractivity contribution in [3.05, 3.63) is 29.6 Å². The molecule has 6 heteroatoms. The fourth-order valence-corrected chi connectivity index (χ4v) is 3.33. The fraction of sp³-hybridized carbons (Fsp3) is 0.611. The summed E-state index contributed by atoms with van der Waals surface area (Å²) >= 11 is 0. The van der Waals surface area contributed by atoms with Crippen molar-refractivity contribution in [3.8, 4) is 0 Å². The first kappa shape index (κ1) is 17.0. The largest absolute Gasteiger partial charge is 0.444 e. The van der Waals surface area contributed by atoms with E-state index in [0.29, 0.717) is 32.0 Å². The van der Waals surface area contributed by atoms with Gasteiger partial charge in [0.2, 0.25) is 0 Å². The average molecular weight is 336 g/mol. The predicted octanol–water partition coefficient (Wildman–Crippen LogP) is 2.96. The Morgan fingerprint density at radius 1 is 1.38 bits per heavy atom. The van der Waals surface area contributed by atoms with Gasteiger partial charge in [-0.05, 0) is 44.4 Å². The van der Waals surface area contributed by atoms with E-state index in [0.717, 1.165) is 24.9 Å². The number of rotatable bonds is 2. The molecule has 2 saturated heterocycles. The van der Waals surface area contributed by atoms with E-state index in [-0.39, 0.29) is 24.1 Å². The van der Waals surface area contributed by atoms with Crippen LogP contribution in [0.5, 0.6) is 0 Å². The van der Waals surface area contributed by atoms with Gasteiger partial charge in [-0.15, -0.1) is 0 Å². The highest BCUT2D eigenvalue weighted by Crippen LogP contribution is 2.25. The molecule has 2 atom stereocenters. The first-order valence-electron chi connectivity index (χ1n) is 8.60. The van der Waals surface area contributed by atoms with Crippen LogP contribution in [-0.2, 0) is 9.47 Å². The van der Waals surface area contributed by atoms with Crippen LogP contribution in [0.25, 0.3) is 0 Å². The van der Waals surface area contributed by atoms with E-state index in [4.69, 9.17) is 9.47 Å². The first-order valence-corrected chi connectivity index (χ1v) is 8.60. The standard InChI is InChI=1S/C18H25FN2O3/c1-13-5-6-17(16(19)10-13)20-7-3-4-15(11-20)24-18(22)21-8-9-23-12-14(21)2/h5-6,10,14-15H,3-4,7-9,11-12H2,1-2H3. The van der Waals surface area contributed by atoms with Crippen LogP contribution in [0.3, 0.4) is 0 Å². The van der Waals surface area contributed by atoms with Crippen LogP contribution in [0, 0.1) is 12.7 Å². The lowest BCUT2D eigenvalue weighted by molar-refractivity contribution is -0.0152. The first-order chi connectivity index (χ1) is 11.5. The number of benzene rings is 1. The molecule has 3 rings (SSSR count). The van der Waals surface area contributed by atoms with Gasteiger partial charge < -0.3 is 19.3 Å². The minimum absolute atomic E-state index is 0.0282. The number of piperidine rings is 1. The molecule has 5 nitrogen and oxygen atoms in total. The third kappa shape index (κ3) is 3.80. The number of aryl methyl sites for hydroxylation is 1. The molecule has 0 aromatic heterocycles. The molecule has 0 spiro atoms. The summed E-state index contributed by atoms with van der Waals surface area (Å²) < 4.78 is 25.2. The van der Waals surface area contributed by atoms with E-state index in [1.807, 2.05) is 24.8 Å². The topological polar surface area (TPSA) is 42.0 Å². The molecule has 132 valence electrons. The lowest BCUT2D eigenvalue weighted by Crippen LogP contribution is -2.50. The second-order valence-electron chi connectivity index (χ2n) is 6.67. The van der Waals surface area contributed by atoms with Crippen LogP contribution < -0.4 is 4.90 Å². The van der Waals surface area contributed by atoms with Gasteiger partial charge >= 0.3 is 6.09 Å². The average Bonchev–Trinajstić information content (AvgIpc) is 2.55. The molecule has 2 aliphatic rings. The highest BCUT2D eigenvalue weighted by molar-refractivity contribution is 5.68. The molecule has 2 fully saturated rings. The Labute approximate surface area is 142 Å². The van der Waals surface area contributed by atoms with Gasteiger partial charge in [-0.1, -0.05) is 6.07 Å². The van der Waals surface area contributed by atoms with E-state index in [9.17, 15) is 9.18 Å². The number of morpholine rings is 1. The fourth-order valence-electron chi connectivity index (χ4n) is 3.33. The Hall–Kier alpha value is -1.82. The molecule has 0 aliphatic carbocycles. The lowest BCUT2D eigenvalue weighted by Gasteiger charge is -2.37. The van der Waals surface area contributed by atoms with Gasteiger partial charge in [0.25, 0.3) is 0 Å². The maximum absolute atomic E-state index is 14.2. The molecule has 0 bridgehead atoms. The summed E-state index contributed by atoms with van der Waals surface area (Å²) in [5.41, 5.74) is 1.48. The third-order valence-corrected chi connectivity index (χ3v) is 4.69. The van der Waals surface area contributed by atoms with Gasteiger partial charge in [0, 0.05) is 13.1 Å². The second kappa shape index (κ2) is 7.38. The number of anilines is 1. The maximum atomic E-state index is 14.2. The summed E-state index contributed by atoms with van der Waals surface area (Å²) in [5.74, 6) is -0.219. The van der Waals surface area contributed by atoms with Crippen molar-refractivity contribution in [1.82, 2.24) is 4.90 Å². The number of ether oxygens (including phenoxy) is 2. The normalized spacial score (nSPS) is 24.8. The van der Waals surface area contributed by atoms with Gasteiger partial charge in [0.05, 0.1) is 31.5 Å². The number of halogens is 1. The third-order valence-electron chi connectivity index (χ3n) is 4.69. The Morgan fingerprint density at radius 3 is 2.96 bits per heavy atom. The number of carbonyl (C=O) groups is 1. The van der Waals surface area contributed by atoms with Crippen LogP contribution >= 0.6 is 0 Å². The molecule has 1 amide bonds. The predicted molar refractivity (Wildman–Crippen MR) is 89.8 cm³/mol. The van der Waals surface area contributed by atoms with Gasteiger partial charge in [-0.2, -0.15) is 0 Å². The highest BCUT2D eigenvalue weighted by atomic mass is 19.1. The smallest absolute Gasteiger partial charge is 0.410 e. The Balaban J connectivity index is 1.62. The van der Waals surface area contributed by atoms with Crippen molar-refractivity contribution in [2.45, 2.75) is 38.8 Å². The van der Waals surface area contributed by atoms with Gasteiger partial charge in [-0.25, -0.2) is 9.18 Å². The molecule has 1 aromatic carbocycles. The molecular weight excluding hydrogens is 311 g/mol. The van der Waals surface area contributed by atoms with Crippen molar-refractivity contribution in [2.24, 2.45) is 0 Å². The minimum Gasteiger partial charge on any atom is -0.444 e. The summed E-state index contributed by atoms with van der Waals surface area (Å²) in [6.07, 6.45) is 1.20.